The molecule has 1 saturated heterocycles. The van der Waals surface area contributed by atoms with E-state index in [2.05, 4.69) is 54.6 Å². The Morgan fingerprint density at radius 1 is 0.846 bits per heavy atom. The molecular formula is C19H19FN6. The zero-order valence-corrected chi connectivity index (χ0v) is 14.2. The molecule has 1 aromatic heterocycles. The molecule has 0 amide bonds. The summed E-state index contributed by atoms with van der Waals surface area (Å²) in [6.07, 6.45) is 1.64. The highest BCUT2D eigenvalue weighted by Gasteiger charge is 2.19. The normalized spacial score (nSPS) is 14.3. The summed E-state index contributed by atoms with van der Waals surface area (Å²) in [5.41, 5.74) is 1.57. The maximum atomic E-state index is 13.8. The molecule has 1 aliphatic rings. The number of benzene rings is 2. The highest BCUT2D eigenvalue weighted by atomic mass is 19.1. The fourth-order valence-electron chi connectivity index (χ4n) is 3.02. The Morgan fingerprint density at radius 3 is 2.31 bits per heavy atom. The smallest absolute Gasteiger partial charge is 0.249 e. The summed E-state index contributed by atoms with van der Waals surface area (Å²) in [4.78, 5) is 9.00. The summed E-state index contributed by atoms with van der Waals surface area (Å²) in [6, 6.07) is 16.8. The van der Waals surface area contributed by atoms with E-state index in [1.54, 1.807) is 24.4 Å². The molecule has 3 aromatic rings. The van der Waals surface area contributed by atoms with Crippen molar-refractivity contribution in [1.29, 1.82) is 0 Å². The van der Waals surface area contributed by atoms with Crippen LogP contribution in [0, 0.1) is 5.82 Å². The molecule has 0 spiro atoms. The first-order valence-corrected chi connectivity index (χ1v) is 8.56. The summed E-state index contributed by atoms with van der Waals surface area (Å²) < 4.78 is 13.8. The Hall–Kier alpha value is -3.22. The van der Waals surface area contributed by atoms with Crippen molar-refractivity contribution in [1.82, 2.24) is 15.2 Å². The number of piperazine rings is 1. The molecule has 0 unspecified atom stereocenters. The van der Waals surface area contributed by atoms with Crippen molar-refractivity contribution in [3.8, 4) is 0 Å². The number of hydrogen-bond donors (Lipinski definition) is 1. The minimum atomic E-state index is -0.349. The summed E-state index contributed by atoms with van der Waals surface area (Å²) in [5, 5.41) is 10.9. The first-order chi connectivity index (χ1) is 12.8. The van der Waals surface area contributed by atoms with Gasteiger partial charge in [-0.3, -0.25) is 0 Å². The van der Waals surface area contributed by atoms with Gasteiger partial charge < -0.3 is 15.1 Å². The molecular weight excluding hydrogens is 331 g/mol. The lowest BCUT2D eigenvalue weighted by Crippen LogP contribution is -2.46. The Bertz CT molecular complexity index is 865. The number of hydrogen-bond acceptors (Lipinski definition) is 6. The molecule has 132 valence electrons. The van der Waals surface area contributed by atoms with Crippen LogP contribution in [0.1, 0.15) is 0 Å². The van der Waals surface area contributed by atoms with Gasteiger partial charge >= 0.3 is 0 Å². The van der Waals surface area contributed by atoms with Crippen LogP contribution in [0.3, 0.4) is 0 Å². The van der Waals surface area contributed by atoms with Gasteiger partial charge in [-0.1, -0.05) is 30.3 Å². The SMILES string of the molecule is Fc1ccccc1Nc1nncc(N2CCN(c3ccccc3)CC2)n1. The first kappa shape index (κ1) is 16.3. The average Bonchev–Trinajstić information content (AvgIpc) is 2.71. The second-order valence-electron chi connectivity index (χ2n) is 6.05. The Labute approximate surface area is 151 Å². The van der Waals surface area contributed by atoms with E-state index >= 15 is 0 Å². The summed E-state index contributed by atoms with van der Waals surface area (Å²) in [5.74, 6) is 0.683. The second kappa shape index (κ2) is 7.35. The lowest BCUT2D eigenvalue weighted by atomic mass is 10.2. The molecule has 6 nitrogen and oxygen atoms in total. The van der Waals surface area contributed by atoms with Gasteiger partial charge in [0.25, 0.3) is 0 Å². The molecule has 2 heterocycles. The van der Waals surface area contributed by atoms with E-state index in [0.29, 0.717) is 5.69 Å². The van der Waals surface area contributed by atoms with Crippen LogP contribution in [-0.4, -0.2) is 41.4 Å². The molecule has 26 heavy (non-hydrogen) atoms. The van der Waals surface area contributed by atoms with Crippen LogP contribution < -0.4 is 15.1 Å². The van der Waals surface area contributed by atoms with Gasteiger partial charge in [0.1, 0.15) is 5.82 Å². The van der Waals surface area contributed by atoms with Crippen molar-refractivity contribution >= 4 is 23.1 Å². The van der Waals surface area contributed by atoms with Crippen LogP contribution >= 0.6 is 0 Å². The Morgan fingerprint density at radius 2 is 1.54 bits per heavy atom. The van der Waals surface area contributed by atoms with Crippen molar-refractivity contribution in [3.63, 3.8) is 0 Å². The quantitative estimate of drug-likeness (QED) is 0.780. The Kier molecular flexibility index (Phi) is 4.59. The maximum Gasteiger partial charge on any atom is 0.249 e. The third kappa shape index (κ3) is 3.56. The lowest BCUT2D eigenvalue weighted by Gasteiger charge is -2.36. The zero-order valence-electron chi connectivity index (χ0n) is 14.2. The van der Waals surface area contributed by atoms with Gasteiger partial charge in [0.15, 0.2) is 5.82 Å². The van der Waals surface area contributed by atoms with Gasteiger partial charge in [0.2, 0.25) is 5.95 Å². The number of nitrogens with zero attached hydrogens (tertiary/aromatic N) is 5. The van der Waals surface area contributed by atoms with Crippen molar-refractivity contribution in [2.24, 2.45) is 0 Å². The van der Waals surface area contributed by atoms with E-state index in [1.165, 1.54) is 11.8 Å². The molecule has 1 N–H and O–H groups in total. The molecule has 0 bridgehead atoms. The van der Waals surface area contributed by atoms with E-state index in [0.717, 1.165) is 32.0 Å². The van der Waals surface area contributed by atoms with Crippen molar-refractivity contribution in [3.05, 3.63) is 66.6 Å². The number of anilines is 4. The molecule has 0 radical (unpaired) electrons. The highest BCUT2D eigenvalue weighted by Crippen LogP contribution is 2.21. The van der Waals surface area contributed by atoms with E-state index < -0.39 is 0 Å². The minimum Gasteiger partial charge on any atom is -0.368 e. The van der Waals surface area contributed by atoms with Crippen LogP contribution in [0.5, 0.6) is 0 Å². The molecule has 2 aromatic carbocycles. The largest absolute Gasteiger partial charge is 0.368 e. The monoisotopic (exact) mass is 350 g/mol. The van der Waals surface area contributed by atoms with Crippen LogP contribution in [0.4, 0.5) is 27.5 Å². The number of aromatic nitrogens is 3. The second-order valence-corrected chi connectivity index (χ2v) is 6.05. The third-order valence-electron chi connectivity index (χ3n) is 4.39. The van der Waals surface area contributed by atoms with Crippen molar-refractivity contribution in [2.45, 2.75) is 0 Å². The van der Waals surface area contributed by atoms with Crippen LogP contribution in [-0.2, 0) is 0 Å². The van der Waals surface area contributed by atoms with Gasteiger partial charge in [0.05, 0.1) is 11.9 Å². The van der Waals surface area contributed by atoms with Crippen LogP contribution in [0.2, 0.25) is 0 Å². The van der Waals surface area contributed by atoms with Gasteiger partial charge in [-0.05, 0) is 24.3 Å². The summed E-state index contributed by atoms with van der Waals surface area (Å²) in [7, 11) is 0. The molecule has 1 fully saturated rings. The predicted octanol–water partition coefficient (Wildman–Crippen LogP) is 3.08. The third-order valence-corrected chi connectivity index (χ3v) is 4.39. The first-order valence-electron chi connectivity index (χ1n) is 8.56. The predicted molar refractivity (Wildman–Crippen MR) is 100 cm³/mol. The summed E-state index contributed by atoms with van der Waals surface area (Å²) in [6.45, 7) is 3.49. The number of nitrogens with one attached hydrogen (secondary N) is 1. The number of rotatable bonds is 4. The number of para-hydroxylation sites is 2. The minimum absolute atomic E-state index is 0.290. The number of halogens is 1. The zero-order chi connectivity index (χ0) is 17.8. The van der Waals surface area contributed by atoms with E-state index in [4.69, 9.17) is 0 Å². The van der Waals surface area contributed by atoms with E-state index in [9.17, 15) is 4.39 Å². The molecule has 1 aliphatic heterocycles. The standard InChI is InChI=1S/C19H19FN6/c20-16-8-4-5-9-17(16)22-19-23-18(14-21-24-19)26-12-10-25(11-13-26)15-6-2-1-3-7-15/h1-9,14H,10-13H2,(H,22,23,24). The fraction of sp³-hybridized carbons (Fsp3) is 0.211. The Balaban J connectivity index is 1.44. The maximum absolute atomic E-state index is 13.8. The average molecular weight is 350 g/mol. The summed E-state index contributed by atoms with van der Waals surface area (Å²) >= 11 is 0. The van der Waals surface area contributed by atoms with Gasteiger partial charge in [-0.2, -0.15) is 10.1 Å². The highest BCUT2D eigenvalue weighted by molar-refractivity contribution is 5.55. The van der Waals surface area contributed by atoms with Crippen molar-refractivity contribution < 1.29 is 4.39 Å². The van der Waals surface area contributed by atoms with Gasteiger partial charge in [-0.25, -0.2) is 4.39 Å². The van der Waals surface area contributed by atoms with Gasteiger partial charge in [0, 0.05) is 31.9 Å². The van der Waals surface area contributed by atoms with Crippen LogP contribution in [0.15, 0.2) is 60.8 Å². The lowest BCUT2D eigenvalue weighted by molar-refractivity contribution is 0.631. The topological polar surface area (TPSA) is 57.2 Å². The fourth-order valence-corrected chi connectivity index (χ4v) is 3.02. The van der Waals surface area contributed by atoms with Crippen LogP contribution in [0.25, 0.3) is 0 Å². The molecule has 4 rings (SSSR count). The molecule has 0 aliphatic carbocycles. The van der Waals surface area contributed by atoms with Crippen molar-refractivity contribution in [2.75, 3.05) is 41.3 Å². The van der Waals surface area contributed by atoms with Gasteiger partial charge in [-0.15, -0.1) is 5.10 Å². The molecule has 0 atom stereocenters. The molecule has 7 heteroatoms. The van der Waals surface area contributed by atoms with E-state index in [1.807, 2.05) is 6.07 Å². The molecule has 0 saturated carbocycles. The van der Waals surface area contributed by atoms with E-state index in [-0.39, 0.29) is 11.8 Å².